The number of nitrogens with zero attached hydrogens (tertiary/aromatic N) is 1. The van der Waals surface area contributed by atoms with Crippen molar-refractivity contribution in [2.75, 3.05) is 7.05 Å². The predicted octanol–water partition coefficient (Wildman–Crippen LogP) is 2.53. The summed E-state index contributed by atoms with van der Waals surface area (Å²) in [5, 5.41) is 3.21. The van der Waals surface area contributed by atoms with Crippen molar-refractivity contribution in [3.63, 3.8) is 0 Å². The Hall–Kier alpha value is -1.39. The van der Waals surface area contributed by atoms with Crippen LogP contribution in [0.15, 0.2) is 30.3 Å². The number of benzene rings is 1. The Morgan fingerprint density at radius 3 is 2.57 bits per heavy atom. The number of nitrogens with one attached hydrogen (secondary N) is 1. The maximum absolute atomic E-state index is 12.3. The number of amides is 1. The Morgan fingerprint density at radius 1 is 1.26 bits per heavy atom. The van der Waals surface area contributed by atoms with E-state index >= 15 is 0 Å². The Balaban J connectivity index is 1.98. The summed E-state index contributed by atoms with van der Waals surface area (Å²) in [6.45, 7) is 4.89. The van der Waals surface area contributed by atoms with Gasteiger partial charge in [0.15, 0.2) is 0 Å². The van der Waals surface area contributed by atoms with Gasteiger partial charge < -0.3 is 11.1 Å². The molecular weight excluding hydrogens is 286 g/mol. The van der Waals surface area contributed by atoms with E-state index in [1.165, 1.54) is 18.4 Å². The molecule has 0 saturated heterocycles. The van der Waals surface area contributed by atoms with Crippen LogP contribution in [0.25, 0.3) is 0 Å². The molecule has 1 fully saturated rings. The summed E-state index contributed by atoms with van der Waals surface area (Å²) in [5.41, 5.74) is 7.31. The van der Waals surface area contributed by atoms with Gasteiger partial charge in [-0.3, -0.25) is 9.69 Å². The molecule has 1 aromatic carbocycles. The van der Waals surface area contributed by atoms with Crippen molar-refractivity contribution in [1.82, 2.24) is 10.2 Å². The smallest absolute Gasteiger partial charge is 0.237 e. The van der Waals surface area contributed by atoms with E-state index in [1.807, 2.05) is 19.9 Å². The van der Waals surface area contributed by atoms with Gasteiger partial charge in [0.2, 0.25) is 5.91 Å². The van der Waals surface area contributed by atoms with Crippen LogP contribution in [0.2, 0.25) is 0 Å². The van der Waals surface area contributed by atoms with Gasteiger partial charge in [0.1, 0.15) is 0 Å². The summed E-state index contributed by atoms with van der Waals surface area (Å²) in [5.74, 6) is 0.157. The first kappa shape index (κ1) is 18.0. The Morgan fingerprint density at radius 2 is 1.91 bits per heavy atom. The molecule has 1 aromatic rings. The first-order valence-electron chi connectivity index (χ1n) is 8.79. The van der Waals surface area contributed by atoms with E-state index in [0.717, 1.165) is 19.4 Å². The van der Waals surface area contributed by atoms with Crippen molar-refractivity contribution >= 4 is 5.91 Å². The van der Waals surface area contributed by atoms with Crippen LogP contribution in [0.5, 0.6) is 0 Å². The minimum absolute atomic E-state index is 0.00925. The highest BCUT2D eigenvalue weighted by atomic mass is 16.2. The van der Waals surface area contributed by atoms with Crippen LogP contribution in [0.1, 0.15) is 45.1 Å². The zero-order chi connectivity index (χ0) is 16.8. The Kier molecular flexibility index (Phi) is 6.60. The molecule has 0 heterocycles. The van der Waals surface area contributed by atoms with Gasteiger partial charge in [-0.1, -0.05) is 57.0 Å². The molecule has 0 radical (unpaired) electrons. The highest BCUT2D eigenvalue weighted by molar-refractivity contribution is 5.82. The fourth-order valence-corrected chi connectivity index (χ4v) is 3.38. The number of hydrogen-bond donors (Lipinski definition) is 2. The minimum atomic E-state index is -0.419. The first-order chi connectivity index (χ1) is 11.0. The summed E-state index contributed by atoms with van der Waals surface area (Å²) in [6.07, 6.45) is 4.58. The summed E-state index contributed by atoms with van der Waals surface area (Å²) in [4.78, 5) is 14.7. The van der Waals surface area contributed by atoms with Crippen LogP contribution < -0.4 is 11.1 Å². The van der Waals surface area contributed by atoms with E-state index in [2.05, 4.69) is 41.5 Å². The largest absolute Gasteiger partial charge is 0.350 e. The number of carbonyl (C=O) groups is 1. The molecule has 3 N–H and O–H groups in total. The van der Waals surface area contributed by atoms with Crippen molar-refractivity contribution in [2.45, 2.75) is 64.2 Å². The van der Waals surface area contributed by atoms with E-state index < -0.39 is 6.04 Å². The SMILES string of the molecule is CC(C)[C@H](N)C(=O)N[C@@H]1CCCC[C@H]1N(C)Cc1ccccc1. The molecule has 23 heavy (non-hydrogen) atoms. The summed E-state index contributed by atoms with van der Waals surface area (Å²) < 4.78 is 0. The van der Waals surface area contributed by atoms with Crippen molar-refractivity contribution in [2.24, 2.45) is 11.7 Å². The van der Waals surface area contributed by atoms with Crippen LogP contribution in [-0.4, -0.2) is 36.0 Å². The molecule has 3 atom stereocenters. The van der Waals surface area contributed by atoms with Crippen LogP contribution in [0.3, 0.4) is 0 Å². The van der Waals surface area contributed by atoms with Crippen LogP contribution in [0, 0.1) is 5.92 Å². The van der Waals surface area contributed by atoms with Crippen LogP contribution in [-0.2, 0) is 11.3 Å². The second kappa shape index (κ2) is 8.46. The van der Waals surface area contributed by atoms with E-state index in [-0.39, 0.29) is 17.9 Å². The molecule has 1 aliphatic rings. The van der Waals surface area contributed by atoms with Crippen molar-refractivity contribution in [3.8, 4) is 0 Å². The van der Waals surface area contributed by atoms with Gasteiger partial charge in [-0.15, -0.1) is 0 Å². The lowest BCUT2D eigenvalue weighted by Crippen LogP contribution is -2.56. The van der Waals surface area contributed by atoms with Crippen LogP contribution >= 0.6 is 0 Å². The predicted molar refractivity (Wildman–Crippen MR) is 94.9 cm³/mol. The summed E-state index contributed by atoms with van der Waals surface area (Å²) in [6, 6.07) is 10.7. The van der Waals surface area contributed by atoms with Gasteiger partial charge in [-0.25, -0.2) is 0 Å². The van der Waals surface area contributed by atoms with E-state index in [4.69, 9.17) is 5.73 Å². The lowest BCUT2D eigenvalue weighted by molar-refractivity contribution is -0.124. The van der Waals surface area contributed by atoms with E-state index in [0.29, 0.717) is 6.04 Å². The molecule has 128 valence electrons. The van der Waals surface area contributed by atoms with Crippen molar-refractivity contribution < 1.29 is 4.79 Å². The maximum Gasteiger partial charge on any atom is 0.237 e. The quantitative estimate of drug-likeness (QED) is 0.847. The molecule has 0 bridgehead atoms. The first-order valence-corrected chi connectivity index (χ1v) is 8.79. The van der Waals surface area contributed by atoms with Gasteiger partial charge >= 0.3 is 0 Å². The number of hydrogen-bond acceptors (Lipinski definition) is 3. The van der Waals surface area contributed by atoms with Crippen molar-refractivity contribution in [3.05, 3.63) is 35.9 Å². The van der Waals surface area contributed by atoms with Crippen LogP contribution in [0.4, 0.5) is 0 Å². The molecule has 0 spiro atoms. The highest BCUT2D eigenvalue weighted by Gasteiger charge is 2.31. The summed E-state index contributed by atoms with van der Waals surface area (Å²) >= 11 is 0. The average Bonchev–Trinajstić information content (AvgIpc) is 2.55. The molecule has 0 aromatic heterocycles. The molecular formula is C19H31N3O. The lowest BCUT2D eigenvalue weighted by Gasteiger charge is -2.39. The van der Waals surface area contributed by atoms with Gasteiger partial charge in [0.25, 0.3) is 0 Å². The highest BCUT2D eigenvalue weighted by Crippen LogP contribution is 2.24. The third kappa shape index (κ3) is 5.05. The zero-order valence-electron chi connectivity index (χ0n) is 14.7. The maximum atomic E-state index is 12.3. The second-order valence-corrected chi connectivity index (χ2v) is 7.14. The molecule has 0 aliphatic heterocycles. The molecule has 1 saturated carbocycles. The number of rotatable bonds is 6. The number of carbonyl (C=O) groups excluding carboxylic acids is 1. The topological polar surface area (TPSA) is 58.4 Å². The zero-order valence-corrected chi connectivity index (χ0v) is 14.7. The normalized spacial score (nSPS) is 23.0. The van der Waals surface area contributed by atoms with Gasteiger partial charge in [0.05, 0.1) is 6.04 Å². The van der Waals surface area contributed by atoms with Crippen molar-refractivity contribution in [1.29, 1.82) is 0 Å². The number of likely N-dealkylation sites (N-methyl/N-ethyl adjacent to an activating group) is 1. The monoisotopic (exact) mass is 317 g/mol. The third-order valence-corrected chi connectivity index (χ3v) is 4.92. The third-order valence-electron chi connectivity index (χ3n) is 4.92. The van der Waals surface area contributed by atoms with Gasteiger partial charge in [-0.2, -0.15) is 0 Å². The van der Waals surface area contributed by atoms with Gasteiger partial charge in [0, 0.05) is 18.6 Å². The van der Waals surface area contributed by atoms with E-state index in [9.17, 15) is 4.79 Å². The molecule has 2 rings (SSSR count). The number of nitrogens with two attached hydrogens (primary N) is 1. The second-order valence-electron chi connectivity index (χ2n) is 7.14. The molecule has 4 nitrogen and oxygen atoms in total. The van der Waals surface area contributed by atoms with Gasteiger partial charge in [-0.05, 0) is 31.4 Å². The molecule has 1 amide bonds. The molecule has 4 heteroatoms. The molecule has 1 aliphatic carbocycles. The Labute approximate surface area is 140 Å². The fraction of sp³-hybridized carbons (Fsp3) is 0.632. The minimum Gasteiger partial charge on any atom is -0.350 e. The lowest BCUT2D eigenvalue weighted by atomic mass is 9.88. The van der Waals surface area contributed by atoms with E-state index in [1.54, 1.807) is 0 Å². The molecule has 0 unspecified atom stereocenters. The average molecular weight is 317 g/mol. The standard InChI is InChI=1S/C19H31N3O/c1-14(2)18(20)19(23)21-16-11-7-8-12-17(16)22(3)13-15-9-5-4-6-10-15/h4-6,9-10,14,16-18H,7-8,11-13,20H2,1-3H3,(H,21,23)/t16-,17-,18+/m1/s1. The Bertz CT molecular complexity index is 489. The summed E-state index contributed by atoms with van der Waals surface area (Å²) in [7, 11) is 2.16. The fourth-order valence-electron chi connectivity index (χ4n) is 3.38.